The van der Waals surface area contributed by atoms with Crippen LogP contribution in [0, 0.1) is 0 Å². The number of hydrogen-bond acceptors (Lipinski definition) is 10. The molecule has 1 saturated heterocycles. The van der Waals surface area contributed by atoms with Gasteiger partial charge in [0, 0.05) is 39.3 Å². The fourth-order valence-corrected chi connectivity index (χ4v) is 3.45. The molecule has 162 valence electrons. The Morgan fingerprint density at radius 2 is 1.84 bits per heavy atom. The summed E-state index contributed by atoms with van der Waals surface area (Å²) in [5, 5.41) is 21.9. The summed E-state index contributed by atoms with van der Waals surface area (Å²) in [5.41, 5.74) is 0.379. The van der Waals surface area contributed by atoms with E-state index in [1.807, 2.05) is 6.07 Å². The van der Waals surface area contributed by atoms with Crippen LogP contribution in [0.4, 0.5) is 11.9 Å². The second kappa shape index (κ2) is 7.50. The number of carbonyl (C=O) groups is 1. The Morgan fingerprint density at radius 1 is 1.06 bits per heavy atom. The Hall–Kier alpha value is -4.19. The summed E-state index contributed by atoms with van der Waals surface area (Å²) in [7, 11) is 3.40. The van der Waals surface area contributed by atoms with Crippen LogP contribution in [0.25, 0.3) is 22.8 Å². The van der Waals surface area contributed by atoms with E-state index in [0.29, 0.717) is 41.2 Å². The summed E-state index contributed by atoms with van der Waals surface area (Å²) in [6.07, 6.45) is 3.41. The summed E-state index contributed by atoms with van der Waals surface area (Å²) < 4.78 is 6.89. The van der Waals surface area contributed by atoms with Gasteiger partial charge in [0.05, 0.1) is 17.1 Å². The monoisotopic (exact) mass is 433 g/mol. The summed E-state index contributed by atoms with van der Waals surface area (Å²) in [4.78, 5) is 31.1. The molecule has 2 N–H and O–H groups in total. The number of rotatable bonds is 5. The molecular weight excluding hydrogens is 414 g/mol. The molecule has 12 nitrogen and oxygen atoms in total. The number of hydrogen-bond donors (Lipinski definition) is 2. The molecule has 1 aliphatic rings. The molecule has 0 saturated carbocycles. The van der Waals surface area contributed by atoms with Gasteiger partial charge in [-0.25, -0.2) is 19.9 Å². The van der Waals surface area contributed by atoms with Gasteiger partial charge in [0.2, 0.25) is 17.5 Å². The predicted molar refractivity (Wildman–Crippen MR) is 111 cm³/mol. The Morgan fingerprint density at radius 3 is 2.56 bits per heavy atom. The van der Waals surface area contributed by atoms with Crippen molar-refractivity contribution in [2.45, 2.75) is 12.0 Å². The zero-order valence-electron chi connectivity index (χ0n) is 17.3. The van der Waals surface area contributed by atoms with Crippen molar-refractivity contribution in [3.8, 4) is 22.8 Å². The first kappa shape index (κ1) is 19.8. The van der Waals surface area contributed by atoms with Gasteiger partial charge in [-0.1, -0.05) is 11.2 Å². The highest BCUT2D eigenvalue weighted by molar-refractivity contribution is 5.87. The van der Waals surface area contributed by atoms with E-state index in [1.54, 1.807) is 55.6 Å². The maximum atomic E-state index is 12.3. The minimum atomic E-state index is -1.70. The Labute approximate surface area is 182 Å². The lowest BCUT2D eigenvalue weighted by Gasteiger charge is -2.16. The number of nitrogens with zero attached hydrogens (tertiary/aromatic N) is 8. The predicted octanol–water partition coefficient (Wildman–Crippen LogP) is 1.12. The van der Waals surface area contributed by atoms with Crippen molar-refractivity contribution in [1.82, 2.24) is 39.8 Å². The normalized spacial score (nSPS) is 18.3. The van der Waals surface area contributed by atoms with Crippen LogP contribution >= 0.6 is 0 Å². The zero-order valence-corrected chi connectivity index (χ0v) is 17.3. The van der Waals surface area contributed by atoms with E-state index in [0.717, 1.165) is 0 Å². The van der Waals surface area contributed by atoms with E-state index in [1.165, 1.54) is 4.90 Å². The smallest absolute Gasteiger partial charge is 0.262 e. The molecule has 0 aromatic carbocycles. The van der Waals surface area contributed by atoms with Gasteiger partial charge in [0.1, 0.15) is 12.0 Å². The number of anilines is 2. The number of pyridine rings is 1. The largest absolute Gasteiger partial charge is 0.373 e. The summed E-state index contributed by atoms with van der Waals surface area (Å²) in [6, 6.07) is 8.65. The first-order chi connectivity index (χ1) is 15.4. The average molecular weight is 433 g/mol. The molecule has 32 heavy (non-hydrogen) atoms. The summed E-state index contributed by atoms with van der Waals surface area (Å²) >= 11 is 0. The first-order valence-electron chi connectivity index (χ1n) is 9.81. The molecular formula is C20H19N9O3. The van der Waals surface area contributed by atoms with E-state index in [-0.39, 0.29) is 12.2 Å². The number of aryl methyl sites for hydroxylation is 1. The second-order valence-corrected chi connectivity index (χ2v) is 7.45. The molecule has 5 rings (SSSR count). The minimum Gasteiger partial charge on any atom is -0.373 e. The molecule has 0 radical (unpaired) electrons. The van der Waals surface area contributed by atoms with Crippen molar-refractivity contribution in [2.24, 2.45) is 7.05 Å². The molecule has 12 heteroatoms. The van der Waals surface area contributed by atoms with Gasteiger partial charge in [0.25, 0.3) is 5.91 Å². The molecule has 4 aromatic heterocycles. The van der Waals surface area contributed by atoms with Crippen molar-refractivity contribution in [1.29, 1.82) is 0 Å². The first-order valence-corrected chi connectivity index (χ1v) is 9.81. The zero-order chi connectivity index (χ0) is 22.3. The third-order valence-electron chi connectivity index (χ3n) is 5.18. The van der Waals surface area contributed by atoms with Gasteiger partial charge in [-0.15, -0.1) is 5.10 Å². The highest BCUT2D eigenvalue weighted by Crippen LogP contribution is 2.34. The third-order valence-corrected chi connectivity index (χ3v) is 5.18. The van der Waals surface area contributed by atoms with E-state index in [2.05, 4.69) is 35.5 Å². The molecule has 0 bridgehead atoms. The van der Waals surface area contributed by atoms with Crippen molar-refractivity contribution in [2.75, 3.05) is 18.9 Å². The van der Waals surface area contributed by atoms with Crippen LogP contribution < -0.4 is 5.32 Å². The van der Waals surface area contributed by atoms with E-state index >= 15 is 0 Å². The van der Waals surface area contributed by atoms with Gasteiger partial charge in [-0.05, 0) is 18.2 Å². The Bertz CT molecular complexity index is 1300. The maximum Gasteiger partial charge on any atom is 0.262 e. The number of aliphatic hydroxyl groups is 1. The highest BCUT2D eigenvalue weighted by Gasteiger charge is 2.48. The molecule has 0 spiro atoms. The maximum absolute atomic E-state index is 12.3. The van der Waals surface area contributed by atoms with Gasteiger partial charge < -0.3 is 14.5 Å². The van der Waals surface area contributed by atoms with E-state index < -0.39 is 11.5 Å². The molecule has 5 heterocycles. The minimum absolute atomic E-state index is 0.102. The molecule has 1 fully saturated rings. The van der Waals surface area contributed by atoms with Crippen molar-refractivity contribution in [3.63, 3.8) is 0 Å². The molecule has 1 amide bonds. The Kier molecular flexibility index (Phi) is 4.63. The SMILES string of the molecule is CN1CC[C@@](O)(c2cc(-c3cccc(-c4ccnc(Nc5ncn(C)n5)n4)n3)no2)C1=O. The summed E-state index contributed by atoms with van der Waals surface area (Å²) in [6.45, 7) is 0.442. The molecule has 0 unspecified atom stereocenters. The number of aromatic nitrogens is 7. The molecule has 1 aliphatic heterocycles. The average Bonchev–Trinajstić information content (AvgIpc) is 3.52. The summed E-state index contributed by atoms with van der Waals surface area (Å²) in [5.74, 6) is 0.401. The number of nitrogens with one attached hydrogen (secondary N) is 1. The number of amides is 1. The molecule has 0 aliphatic carbocycles. The molecule has 4 aromatic rings. The van der Waals surface area contributed by atoms with Gasteiger partial charge in [-0.3, -0.25) is 14.8 Å². The van der Waals surface area contributed by atoms with Crippen LogP contribution in [-0.4, -0.2) is 64.4 Å². The van der Waals surface area contributed by atoms with Crippen molar-refractivity contribution < 1.29 is 14.4 Å². The topological polar surface area (TPSA) is 148 Å². The van der Waals surface area contributed by atoms with Crippen LogP contribution in [-0.2, 0) is 17.4 Å². The number of likely N-dealkylation sites (tertiary alicyclic amines) is 1. The second-order valence-electron chi connectivity index (χ2n) is 7.45. The lowest BCUT2D eigenvalue weighted by Crippen LogP contribution is -2.35. The van der Waals surface area contributed by atoms with Gasteiger partial charge in [-0.2, -0.15) is 0 Å². The highest BCUT2D eigenvalue weighted by atomic mass is 16.5. The fraction of sp³-hybridized carbons (Fsp3) is 0.250. The Balaban J connectivity index is 1.42. The van der Waals surface area contributed by atoms with Crippen LogP contribution in [0.1, 0.15) is 12.2 Å². The third kappa shape index (κ3) is 3.46. The lowest BCUT2D eigenvalue weighted by molar-refractivity contribution is -0.144. The standard InChI is InChI=1S/C20H19N9O3/c1-28-9-7-20(31,17(28)30)16-10-15(27-32-16)13-5-3-4-12(23-13)14-6-8-21-18(24-14)25-19-22-11-29(2)26-19/h3-6,8,10-11,31H,7,9H2,1-2H3,(H,21,24,25,26)/t20-/m1/s1. The number of likely N-dealkylation sites (N-methyl/N-ethyl adjacent to an activating group) is 1. The number of carbonyl (C=O) groups excluding carboxylic acids is 1. The van der Waals surface area contributed by atoms with Crippen molar-refractivity contribution in [3.05, 3.63) is 48.6 Å². The van der Waals surface area contributed by atoms with Crippen LogP contribution in [0.15, 0.2) is 47.4 Å². The van der Waals surface area contributed by atoms with Gasteiger partial charge in [0.15, 0.2) is 5.76 Å². The van der Waals surface area contributed by atoms with Crippen LogP contribution in [0.3, 0.4) is 0 Å². The quantitative estimate of drug-likeness (QED) is 0.469. The van der Waals surface area contributed by atoms with E-state index in [4.69, 9.17) is 4.52 Å². The molecule has 1 atom stereocenters. The van der Waals surface area contributed by atoms with Crippen LogP contribution in [0.2, 0.25) is 0 Å². The van der Waals surface area contributed by atoms with E-state index in [9.17, 15) is 9.90 Å². The van der Waals surface area contributed by atoms with Gasteiger partial charge >= 0.3 is 0 Å². The fourth-order valence-electron chi connectivity index (χ4n) is 3.45. The van der Waals surface area contributed by atoms with Crippen LogP contribution in [0.5, 0.6) is 0 Å². The lowest BCUT2D eigenvalue weighted by atomic mass is 9.98. The van der Waals surface area contributed by atoms with Crippen molar-refractivity contribution >= 4 is 17.8 Å².